The van der Waals surface area contributed by atoms with Gasteiger partial charge >= 0.3 is 5.97 Å². The maximum absolute atomic E-state index is 11.5. The van der Waals surface area contributed by atoms with E-state index in [2.05, 4.69) is 10.1 Å². The number of amides is 1. The van der Waals surface area contributed by atoms with Gasteiger partial charge in [-0.1, -0.05) is 6.92 Å². The van der Waals surface area contributed by atoms with Gasteiger partial charge in [0, 0.05) is 14.1 Å². The number of esters is 1. The molecule has 5 heteroatoms. The Morgan fingerprint density at radius 3 is 2.27 bits per heavy atom. The summed E-state index contributed by atoms with van der Waals surface area (Å²) in [4.78, 5) is 24.3. The van der Waals surface area contributed by atoms with Crippen LogP contribution in [0.25, 0.3) is 0 Å². The maximum Gasteiger partial charge on any atom is 0.322 e. The summed E-state index contributed by atoms with van der Waals surface area (Å²) in [6.07, 6.45) is 0.595. The molecule has 0 rings (SSSR count). The van der Waals surface area contributed by atoms with Gasteiger partial charge in [-0.25, -0.2) is 0 Å². The summed E-state index contributed by atoms with van der Waals surface area (Å²) >= 11 is 0. The fourth-order valence-corrected chi connectivity index (χ4v) is 1.26. The third-order valence-corrected chi connectivity index (χ3v) is 2.16. The first-order valence-electron chi connectivity index (χ1n) is 4.99. The minimum atomic E-state index is -0.422. The standard InChI is InChI=1S/C10H20N2O3/c1-6-8(10(14)15-5)11-7(2)9(13)12(3)4/h7-8,11H,6H2,1-5H3. The highest BCUT2D eigenvalue weighted by Crippen LogP contribution is 1.98. The summed E-state index contributed by atoms with van der Waals surface area (Å²) < 4.78 is 4.62. The molecule has 0 aliphatic rings. The van der Waals surface area contributed by atoms with Crippen molar-refractivity contribution >= 4 is 11.9 Å². The number of carbonyl (C=O) groups is 2. The molecular formula is C10H20N2O3. The number of carbonyl (C=O) groups excluding carboxylic acids is 2. The quantitative estimate of drug-likeness (QED) is 0.657. The van der Waals surface area contributed by atoms with Crippen LogP contribution in [0.15, 0.2) is 0 Å². The normalized spacial score (nSPS) is 14.2. The maximum atomic E-state index is 11.5. The van der Waals surface area contributed by atoms with Crippen LogP contribution in [0.2, 0.25) is 0 Å². The Morgan fingerprint density at radius 1 is 1.40 bits per heavy atom. The fraction of sp³-hybridized carbons (Fsp3) is 0.800. The molecule has 0 bridgehead atoms. The second kappa shape index (κ2) is 6.40. The van der Waals surface area contributed by atoms with Crippen molar-refractivity contribution in [2.24, 2.45) is 0 Å². The van der Waals surface area contributed by atoms with Gasteiger partial charge in [-0.15, -0.1) is 0 Å². The molecule has 0 aromatic carbocycles. The second-order valence-corrected chi connectivity index (χ2v) is 3.61. The molecular weight excluding hydrogens is 196 g/mol. The number of hydrogen-bond acceptors (Lipinski definition) is 4. The van der Waals surface area contributed by atoms with Gasteiger partial charge in [0.1, 0.15) is 6.04 Å². The molecule has 5 nitrogen and oxygen atoms in total. The lowest BCUT2D eigenvalue weighted by atomic mass is 10.2. The molecule has 0 aromatic heterocycles. The van der Waals surface area contributed by atoms with Gasteiger partial charge in [-0.3, -0.25) is 14.9 Å². The number of rotatable bonds is 5. The zero-order valence-corrected chi connectivity index (χ0v) is 10.0. The molecule has 0 aliphatic carbocycles. The Hall–Kier alpha value is -1.10. The highest BCUT2D eigenvalue weighted by atomic mass is 16.5. The molecule has 15 heavy (non-hydrogen) atoms. The van der Waals surface area contributed by atoms with Crippen LogP contribution in [0.3, 0.4) is 0 Å². The van der Waals surface area contributed by atoms with E-state index in [1.165, 1.54) is 12.0 Å². The highest BCUT2D eigenvalue weighted by Gasteiger charge is 2.23. The monoisotopic (exact) mass is 216 g/mol. The number of nitrogens with one attached hydrogen (secondary N) is 1. The Morgan fingerprint density at radius 2 is 1.93 bits per heavy atom. The average molecular weight is 216 g/mol. The molecule has 0 radical (unpaired) electrons. The van der Waals surface area contributed by atoms with Crippen molar-refractivity contribution in [1.29, 1.82) is 0 Å². The summed E-state index contributed by atoms with van der Waals surface area (Å²) in [5.41, 5.74) is 0. The van der Waals surface area contributed by atoms with Gasteiger partial charge in [0.2, 0.25) is 5.91 Å². The van der Waals surface area contributed by atoms with E-state index in [0.717, 1.165) is 0 Å². The van der Waals surface area contributed by atoms with Crippen LogP contribution in [-0.4, -0.2) is 50.1 Å². The van der Waals surface area contributed by atoms with E-state index in [9.17, 15) is 9.59 Å². The summed E-state index contributed by atoms with van der Waals surface area (Å²) in [6.45, 7) is 3.59. The minimum Gasteiger partial charge on any atom is -0.468 e. The van der Waals surface area contributed by atoms with Gasteiger partial charge in [0.15, 0.2) is 0 Å². The van der Waals surface area contributed by atoms with Crippen molar-refractivity contribution in [2.45, 2.75) is 32.4 Å². The summed E-state index contributed by atoms with van der Waals surface area (Å²) in [7, 11) is 4.70. The van der Waals surface area contributed by atoms with Gasteiger partial charge in [-0.2, -0.15) is 0 Å². The van der Waals surface area contributed by atoms with E-state index in [4.69, 9.17) is 0 Å². The molecule has 1 N–H and O–H groups in total. The molecule has 1 amide bonds. The van der Waals surface area contributed by atoms with Gasteiger partial charge in [0.05, 0.1) is 13.2 Å². The molecule has 0 aromatic rings. The van der Waals surface area contributed by atoms with E-state index < -0.39 is 6.04 Å². The number of methoxy groups -OCH3 is 1. The summed E-state index contributed by atoms with van der Waals surface area (Å²) in [6, 6.07) is -0.807. The van der Waals surface area contributed by atoms with E-state index in [1.807, 2.05) is 6.92 Å². The van der Waals surface area contributed by atoms with Crippen LogP contribution in [0, 0.1) is 0 Å². The third kappa shape index (κ3) is 4.29. The van der Waals surface area contributed by atoms with Gasteiger partial charge in [-0.05, 0) is 13.3 Å². The zero-order valence-electron chi connectivity index (χ0n) is 10.0. The van der Waals surface area contributed by atoms with Gasteiger partial charge in [0.25, 0.3) is 0 Å². The number of likely N-dealkylation sites (N-methyl/N-ethyl adjacent to an activating group) is 1. The van der Waals surface area contributed by atoms with Gasteiger partial charge < -0.3 is 9.64 Å². The Balaban J connectivity index is 4.30. The van der Waals surface area contributed by atoms with Crippen LogP contribution in [-0.2, 0) is 14.3 Å². The first-order chi connectivity index (χ1) is 6.93. The van der Waals surface area contributed by atoms with E-state index in [-0.39, 0.29) is 17.9 Å². The molecule has 0 spiro atoms. The predicted molar refractivity (Wildman–Crippen MR) is 57.4 cm³/mol. The number of hydrogen-bond donors (Lipinski definition) is 1. The zero-order chi connectivity index (χ0) is 12.0. The second-order valence-electron chi connectivity index (χ2n) is 3.61. The Bertz CT molecular complexity index is 229. The molecule has 2 unspecified atom stereocenters. The van der Waals surface area contributed by atoms with E-state index in [1.54, 1.807) is 21.0 Å². The van der Waals surface area contributed by atoms with E-state index in [0.29, 0.717) is 6.42 Å². The van der Waals surface area contributed by atoms with Crippen molar-refractivity contribution in [3.8, 4) is 0 Å². The molecule has 0 aliphatic heterocycles. The van der Waals surface area contributed by atoms with Crippen LogP contribution in [0.5, 0.6) is 0 Å². The molecule has 0 saturated heterocycles. The molecule has 88 valence electrons. The lowest BCUT2D eigenvalue weighted by Gasteiger charge is -2.22. The van der Waals surface area contributed by atoms with Crippen LogP contribution in [0.1, 0.15) is 20.3 Å². The van der Waals surface area contributed by atoms with Crippen molar-refractivity contribution < 1.29 is 14.3 Å². The molecule has 0 fully saturated rings. The van der Waals surface area contributed by atoms with Crippen molar-refractivity contribution in [3.05, 3.63) is 0 Å². The molecule has 0 heterocycles. The fourth-order valence-electron chi connectivity index (χ4n) is 1.26. The van der Waals surface area contributed by atoms with Crippen molar-refractivity contribution in [1.82, 2.24) is 10.2 Å². The number of nitrogens with zero attached hydrogens (tertiary/aromatic N) is 1. The topological polar surface area (TPSA) is 58.6 Å². The smallest absolute Gasteiger partial charge is 0.322 e. The van der Waals surface area contributed by atoms with Crippen LogP contribution >= 0.6 is 0 Å². The lowest BCUT2D eigenvalue weighted by Crippen LogP contribution is -2.49. The average Bonchev–Trinajstić information content (AvgIpc) is 2.22. The van der Waals surface area contributed by atoms with Crippen molar-refractivity contribution in [2.75, 3.05) is 21.2 Å². The summed E-state index contributed by atoms with van der Waals surface area (Å²) in [5.74, 6) is -0.395. The first-order valence-corrected chi connectivity index (χ1v) is 4.99. The van der Waals surface area contributed by atoms with E-state index >= 15 is 0 Å². The molecule has 2 atom stereocenters. The number of ether oxygens (including phenoxy) is 1. The van der Waals surface area contributed by atoms with Crippen molar-refractivity contribution in [3.63, 3.8) is 0 Å². The Kier molecular flexibility index (Phi) is 5.93. The highest BCUT2D eigenvalue weighted by molar-refractivity contribution is 5.82. The summed E-state index contributed by atoms with van der Waals surface area (Å²) in [5, 5.41) is 2.93. The third-order valence-electron chi connectivity index (χ3n) is 2.16. The molecule has 0 saturated carbocycles. The largest absolute Gasteiger partial charge is 0.468 e. The lowest BCUT2D eigenvalue weighted by molar-refractivity contribution is -0.143. The first kappa shape index (κ1) is 13.9. The van der Waals surface area contributed by atoms with Crippen LogP contribution < -0.4 is 5.32 Å². The van der Waals surface area contributed by atoms with Crippen LogP contribution in [0.4, 0.5) is 0 Å². The predicted octanol–water partition coefficient (Wildman–Crippen LogP) is 0.00430. The Labute approximate surface area is 90.8 Å². The minimum absolute atomic E-state index is 0.0580. The SMILES string of the molecule is CCC(NC(C)C(=O)N(C)C)C(=O)OC.